The van der Waals surface area contributed by atoms with Crippen LogP contribution in [0.4, 0.5) is 0 Å². The standard InChI is InChI=1S/C7H6N2O/c1-6-3-2-4-7(5-8)9(6)10/h2-4H,1H3. The Morgan fingerprint density at radius 3 is 2.80 bits per heavy atom. The van der Waals surface area contributed by atoms with Crippen LogP contribution in [0, 0.1) is 23.5 Å². The largest absolute Gasteiger partial charge is 0.618 e. The summed E-state index contributed by atoms with van der Waals surface area (Å²) in [6.45, 7) is 1.66. The van der Waals surface area contributed by atoms with Crippen molar-refractivity contribution in [2.45, 2.75) is 6.92 Å². The van der Waals surface area contributed by atoms with Crippen LogP contribution in [0.3, 0.4) is 0 Å². The molecular weight excluding hydrogens is 128 g/mol. The average Bonchev–Trinajstić information content (AvgIpc) is 1.95. The minimum atomic E-state index is 0.139. The predicted molar refractivity (Wildman–Crippen MR) is 34.9 cm³/mol. The molecule has 1 aromatic rings. The summed E-state index contributed by atoms with van der Waals surface area (Å²) < 4.78 is 0.611. The molecule has 0 atom stereocenters. The average molecular weight is 134 g/mol. The van der Waals surface area contributed by atoms with E-state index in [1.165, 1.54) is 6.07 Å². The molecule has 0 bridgehead atoms. The van der Waals surface area contributed by atoms with Crippen molar-refractivity contribution in [3.05, 3.63) is 34.8 Å². The molecule has 1 heterocycles. The van der Waals surface area contributed by atoms with Crippen molar-refractivity contribution in [3.63, 3.8) is 0 Å². The summed E-state index contributed by atoms with van der Waals surface area (Å²) in [4.78, 5) is 0. The summed E-state index contributed by atoms with van der Waals surface area (Å²) in [7, 11) is 0. The molecule has 1 rings (SSSR count). The van der Waals surface area contributed by atoms with Gasteiger partial charge in [0.2, 0.25) is 0 Å². The summed E-state index contributed by atoms with van der Waals surface area (Å²) in [5.74, 6) is 0. The molecule has 3 heteroatoms. The van der Waals surface area contributed by atoms with Crippen LogP contribution in [0.25, 0.3) is 0 Å². The van der Waals surface area contributed by atoms with Crippen LogP contribution in [-0.2, 0) is 0 Å². The van der Waals surface area contributed by atoms with E-state index < -0.39 is 0 Å². The lowest BCUT2D eigenvalue weighted by atomic mass is 10.3. The number of aromatic nitrogens is 1. The lowest BCUT2D eigenvalue weighted by molar-refractivity contribution is -0.615. The van der Waals surface area contributed by atoms with Gasteiger partial charge in [-0.05, 0) is 6.07 Å². The highest BCUT2D eigenvalue weighted by molar-refractivity contribution is 5.15. The van der Waals surface area contributed by atoms with E-state index in [0.717, 1.165) is 0 Å². The maximum absolute atomic E-state index is 10.9. The van der Waals surface area contributed by atoms with Crippen LogP contribution >= 0.6 is 0 Å². The molecule has 0 aromatic carbocycles. The van der Waals surface area contributed by atoms with Crippen molar-refractivity contribution >= 4 is 0 Å². The Morgan fingerprint density at radius 2 is 2.30 bits per heavy atom. The van der Waals surface area contributed by atoms with Gasteiger partial charge in [-0.1, -0.05) is 0 Å². The van der Waals surface area contributed by atoms with Gasteiger partial charge in [-0.15, -0.1) is 0 Å². The second kappa shape index (κ2) is 2.36. The van der Waals surface area contributed by atoms with Crippen molar-refractivity contribution in [2.24, 2.45) is 0 Å². The first-order valence-electron chi connectivity index (χ1n) is 2.85. The maximum Gasteiger partial charge on any atom is 0.294 e. The van der Waals surface area contributed by atoms with E-state index in [1.54, 1.807) is 25.1 Å². The Balaban J connectivity index is 3.31. The third-order valence-electron chi connectivity index (χ3n) is 1.25. The molecule has 0 saturated heterocycles. The van der Waals surface area contributed by atoms with Gasteiger partial charge in [0, 0.05) is 19.1 Å². The highest BCUT2D eigenvalue weighted by atomic mass is 16.5. The Bertz CT molecular complexity index is 288. The van der Waals surface area contributed by atoms with Gasteiger partial charge in [0.05, 0.1) is 0 Å². The number of nitriles is 1. The topological polar surface area (TPSA) is 50.7 Å². The summed E-state index contributed by atoms with van der Waals surface area (Å²) in [6, 6.07) is 6.62. The van der Waals surface area contributed by atoms with Gasteiger partial charge in [0.25, 0.3) is 5.69 Å². The van der Waals surface area contributed by atoms with Crippen LogP contribution in [0.2, 0.25) is 0 Å². The number of hydrogen-bond donors (Lipinski definition) is 0. The number of pyridine rings is 1. The van der Waals surface area contributed by atoms with Crippen LogP contribution < -0.4 is 4.73 Å². The summed E-state index contributed by atoms with van der Waals surface area (Å²) in [6.07, 6.45) is 0. The predicted octanol–water partition coefficient (Wildman–Crippen LogP) is 0.500. The summed E-state index contributed by atoms with van der Waals surface area (Å²) in [5.41, 5.74) is 0.680. The molecule has 0 radical (unpaired) electrons. The molecule has 3 nitrogen and oxygen atoms in total. The quantitative estimate of drug-likeness (QED) is 0.383. The normalized spacial score (nSPS) is 8.80. The van der Waals surface area contributed by atoms with E-state index in [1.807, 2.05) is 0 Å². The SMILES string of the molecule is Cc1cccc(C#N)[n+]1[O-]. The monoisotopic (exact) mass is 134 g/mol. The Labute approximate surface area is 58.7 Å². The molecule has 50 valence electrons. The van der Waals surface area contributed by atoms with Gasteiger partial charge in [0.15, 0.2) is 11.8 Å². The fourth-order valence-electron chi connectivity index (χ4n) is 0.687. The minimum Gasteiger partial charge on any atom is -0.618 e. The third kappa shape index (κ3) is 0.914. The zero-order valence-corrected chi connectivity index (χ0v) is 5.53. The first-order valence-corrected chi connectivity index (χ1v) is 2.85. The molecule has 0 N–H and O–H groups in total. The first kappa shape index (κ1) is 6.56. The highest BCUT2D eigenvalue weighted by Gasteiger charge is 2.03. The van der Waals surface area contributed by atoms with Crippen LogP contribution in [0.5, 0.6) is 0 Å². The number of hydrogen-bond acceptors (Lipinski definition) is 2. The van der Waals surface area contributed by atoms with Crippen molar-refractivity contribution < 1.29 is 4.73 Å². The molecule has 10 heavy (non-hydrogen) atoms. The van der Waals surface area contributed by atoms with E-state index in [9.17, 15) is 5.21 Å². The van der Waals surface area contributed by atoms with Crippen molar-refractivity contribution in [1.82, 2.24) is 0 Å². The Hall–Kier alpha value is -1.56. The molecule has 0 fully saturated rings. The van der Waals surface area contributed by atoms with E-state index in [-0.39, 0.29) is 5.69 Å². The van der Waals surface area contributed by atoms with Gasteiger partial charge in [-0.3, -0.25) is 0 Å². The van der Waals surface area contributed by atoms with Crippen LogP contribution in [-0.4, -0.2) is 0 Å². The zero-order chi connectivity index (χ0) is 7.56. The van der Waals surface area contributed by atoms with Gasteiger partial charge in [-0.25, -0.2) is 0 Å². The summed E-state index contributed by atoms with van der Waals surface area (Å²) in [5, 5.41) is 19.3. The lowest BCUT2D eigenvalue weighted by Gasteiger charge is -1.99. The van der Waals surface area contributed by atoms with Gasteiger partial charge >= 0.3 is 0 Å². The number of rotatable bonds is 0. The molecule has 0 aliphatic rings. The smallest absolute Gasteiger partial charge is 0.294 e. The van der Waals surface area contributed by atoms with E-state index in [2.05, 4.69) is 0 Å². The molecule has 0 amide bonds. The second-order valence-electron chi connectivity index (χ2n) is 1.96. The lowest BCUT2D eigenvalue weighted by Crippen LogP contribution is -2.33. The third-order valence-corrected chi connectivity index (χ3v) is 1.25. The Morgan fingerprint density at radius 1 is 1.60 bits per heavy atom. The summed E-state index contributed by atoms with van der Waals surface area (Å²) >= 11 is 0. The first-order chi connectivity index (χ1) is 4.75. The zero-order valence-electron chi connectivity index (χ0n) is 5.53. The molecule has 0 saturated carbocycles. The van der Waals surface area contributed by atoms with Crippen LogP contribution in [0.1, 0.15) is 11.4 Å². The van der Waals surface area contributed by atoms with Gasteiger partial charge < -0.3 is 5.21 Å². The van der Waals surface area contributed by atoms with E-state index >= 15 is 0 Å². The number of nitrogens with zero attached hydrogens (tertiary/aromatic N) is 2. The van der Waals surface area contributed by atoms with Gasteiger partial charge in [0.1, 0.15) is 0 Å². The van der Waals surface area contributed by atoms with E-state index in [0.29, 0.717) is 10.4 Å². The molecule has 0 unspecified atom stereocenters. The maximum atomic E-state index is 10.9. The Kier molecular flexibility index (Phi) is 1.55. The highest BCUT2D eigenvalue weighted by Crippen LogP contribution is 1.91. The minimum absolute atomic E-state index is 0.139. The second-order valence-corrected chi connectivity index (χ2v) is 1.96. The van der Waals surface area contributed by atoms with Crippen molar-refractivity contribution in [1.29, 1.82) is 5.26 Å². The van der Waals surface area contributed by atoms with E-state index in [4.69, 9.17) is 5.26 Å². The van der Waals surface area contributed by atoms with Gasteiger partial charge in [-0.2, -0.15) is 9.99 Å². The van der Waals surface area contributed by atoms with Crippen LogP contribution in [0.15, 0.2) is 18.2 Å². The molecule has 0 spiro atoms. The van der Waals surface area contributed by atoms with Crippen molar-refractivity contribution in [3.8, 4) is 6.07 Å². The molecule has 1 aromatic heterocycles. The fraction of sp³-hybridized carbons (Fsp3) is 0.143. The fourth-order valence-corrected chi connectivity index (χ4v) is 0.687. The molecule has 0 aliphatic carbocycles. The molecule has 0 aliphatic heterocycles. The molecular formula is C7H6N2O. The van der Waals surface area contributed by atoms with Crippen molar-refractivity contribution in [2.75, 3.05) is 0 Å². The number of aryl methyl sites for hydroxylation is 1.